The van der Waals surface area contributed by atoms with Crippen molar-refractivity contribution in [3.05, 3.63) is 11.4 Å². The molecule has 1 heterocycles. The van der Waals surface area contributed by atoms with E-state index >= 15 is 0 Å². The first-order valence-corrected chi connectivity index (χ1v) is 8.15. The number of aromatic nitrogens is 2. The number of aromatic amines is 1. The normalized spacial score (nSPS) is 13.7. The quantitative estimate of drug-likeness (QED) is 0.673. The van der Waals surface area contributed by atoms with Crippen LogP contribution < -0.4 is 10.0 Å². The van der Waals surface area contributed by atoms with Crippen molar-refractivity contribution < 1.29 is 8.42 Å². The molecule has 0 aromatic carbocycles. The van der Waals surface area contributed by atoms with Crippen LogP contribution in [-0.4, -0.2) is 31.7 Å². The topological polar surface area (TPSA) is 86.9 Å². The third-order valence-corrected chi connectivity index (χ3v) is 4.75. The Bertz CT molecular complexity index is 496. The van der Waals surface area contributed by atoms with Crippen LogP contribution in [0.25, 0.3) is 0 Å². The summed E-state index contributed by atoms with van der Waals surface area (Å²) in [6.45, 7) is 6.18. The number of nitrogens with zero attached hydrogens (tertiary/aromatic N) is 1. The van der Waals surface area contributed by atoms with Crippen LogP contribution in [-0.2, 0) is 16.6 Å². The molecule has 1 atom stereocenters. The van der Waals surface area contributed by atoms with Crippen LogP contribution in [0.5, 0.6) is 0 Å². The van der Waals surface area contributed by atoms with Crippen molar-refractivity contribution in [2.45, 2.75) is 57.5 Å². The number of rotatable bonds is 8. The number of hydrogen-bond donors (Lipinski definition) is 3. The van der Waals surface area contributed by atoms with Gasteiger partial charge < -0.3 is 5.32 Å². The monoisotopic (exact) mass is 288 g/mol. The van der Waals surface area contributed by atoms with E-state index in [4.69, 9.17) is 0 Å². The maximum Gasteiger partial charge on any atom is 0.244 e. The van der Waals surface area contributed by atoms with Gasteiger partial charge in [0, 0.05) is 12.6 Å². The van der Waals surface area contributed by atoms with Crippen molar-refractivity contribution in [1.29, 1.82) is 0 Å². The Morgan fingerprint density at radius 1 is 1.37 bits per heavy atom. The number of nitrogens with one attached hydrogen (secondary N) is 3. The van der Waals surface area contributed by atoms with Gasteiger partial charge in [-0.05, 0) is 26.8 Å². The molecule has 0 amide bonds. The summed E-state index contributed by atoms with van der Waals surface area (Å²) in [5.41, 5.74) is 1.10. The largest absolute Gasteiger partial charge is 0.314 e. The Hall–Kier alpha value is -0.920. The van der Waals surface area contributed by atoms with Gasteiger partial charge in [-0.25, -0.2) is 13.1 Å². The maximum atomic E-state index is 12.5. The van der Waals surface area contributed by atoms with Gasteiger partial charge in [0.25, 0.3) is 0 Å². The standard InChI is InChI=1S/C12H24N4O2S/c1-5-7-10(6-2)16-19(17,18)12-9(3)14-15-11(12)8-13-4/h10,13,16H,5-8H2,1-4H3,(H,14,15). The third kappa shape index (κ3) is 4.02. The van der Waals surface area contributed by atoms with Crippen molar-refractivity contribution in [3.8, 4) is 0 Å². The highest BCUT2D eigenvalue weighted by Gasteiger charge is 2.25. The van der Waals surface area contributed by atoms with E-state index in [9.17, 15) is 8.42 Å². The molecule has 0 aliphatic carbocycles. The van der Waals surface area contributed by atoms with Crippen molar-refractivity contribution in [2.24, 2.45) is 0 Å². The van der Waals surface area contributed by atoms with Gasteiger partial charge in [-0.3, -0.25) is 5.10 Å². The van der Waals surface area contributed by atoms with Crippen LogP contribution in [0, 0.1) is 6.92 Å². The molecule has 6 nitrogen and oxygen atoms in total. The van der Waals surface area contributed by atoms with Crippen molar-refractivity contribution in [2.75, 3.05) is 7.05 Å². The number of aryl methyl sites for hydroxylation is 1. The summed E-state index contributed by atoms with van der Waals surface area (Å²) in [6.07, 6.45) is 2.58. The molecule has 19 heavy (non-hydrogen) atoms. The van der Waals surface area contributed by atoms with Crippen LogP contribution in [0.4, 0.5) is 0 Å². The fourth-order valence-electron chi connectivity index (χ4n) is 2.09. The molecule has 0 aliphatic heterocycles. The maximum absolute atomic E-state index is 12.5. The number of hydrogen-bond acceptors (Lipinski definition) is 4. The van der Waals surface area contributed by atoms with Crippen molar-refractivity contribution in [3.63, 3.8) is 0 Å². The average Bonchev–Trinajstić information content (AvgIpc) is 2.71. The van der Waals surface area contributed by atoms with Gasteiger partial charge in [-0.2, -0.15) is 5.10 Å². The average molecular weight is 288 g/mol. The van der Waals surface area contributed by atoms with E-state index < -0.39 is 10.0 Å². The summed E-state index contributed by atoms with van der Waals surface area (Å²) in [7, 11) is -1.75. The van der Waals surface area contributed by atoms with E-state index in [1.54, 1.807) is 14.0 Å². The Balaban J connectivity index is 3.02. The molecule has 0 spiro atoms. The van der Waals surface area contributed by atoms with Gasteiger partial charge in [0.05, 0.1) is 11.4 Å². The highest BCUT2D eigenvalue weighted by Crippen LogP contribution is 2.18. The van der Waals surface area contributed by atoms with E-state index in [1.165, 1.54) is 0 Å². The van der Waals surface area contributed by atoms with Gasteiger partial charge >= 0.3 is 0 Å². The van der Waals surface area contributed by atoms with Crippen LogP contribution in [0.3, 0.4) is 0 Å². The minimum absolute atomic E-state index is 0.0215. The number of H-pyrrole nitrogens is 1. The molecule has 0 saturated heterocycles. The van der Waals surface area contributed by atoms with E-state index in [2.05, 4.69) is 20.2 Å². The second kappa shape index (κ2) is 7.02. The third-order valence-electron chi connectivity index (χ3n) is 3.03. The molecule has 7 heteroatoms. The Morgan fingerprint density at radius 2 is 2.05 bits per heavy atom. The van der Waals surface area contributed by atoms with Gasteiger partial charge in [0.2, 0.25) is 10.0 Å². The van der Waals surface area contributed by atoms with Gasteiger partial charge in [-0.15, -0.1) is 0 Å². The lowest BCUT2D eigenvalue weighted by atomic mass is 10.1. The van der Waals surface area contributed by atoms with Crippen LogP contribution >= 0.6 is 0 Å². The predicted octanol–water partition coefficient (Wildman–Crippen LogP) is 1.29. The molecule has 1 unspecified atom stereocenters. The number of sulfonamides is 1. The van der Waals surface area contributed by atoms with Crippen molar-refractivity contribution in [1.82, 2.24) is 20.2 Å². The second-order valence-corrected chi connectivity index (χ2v) is 6.32. The highest BCUT2D eigenvalue weighted by atomic mass is 32.2. The molecular weight excluding hydrogens is 264 g/mol. The summed E-state index contributed by atoms with van der Waals surface area (Å²) in [4.78, 5) is 0.274. The lowest BCUT2D eigenvalue weighted by Crippen LogP contribution is -2.35. The van der Waals surface area contributed by atoms with Crippen molar-refractivity contribution >= 4 is 10.0 Å². The Labute approximate surface area is 115 Å². The highest BCUT2D eigenvalue weighted by molar-refractivity contribution is 7.89. The second-order valence-electron chi connectivity index (χ2n) is 4.67. The summed E-state index contributed by atoms with van der Waals surface area (Å²) < 4.78 is 27.7. The first-order valence-electron chi connectivity index (χ1n) is 6.67. The first kappa shape index (κ1) is 16.1. The first-order chi connectivity index (χ1) is 8.96. The molecule has 0 saturated carbocycles. The summed E-state index contributed by atoms with van der Waals surface area (Å²) in [5.74, 6) is 0. The summed E-state index contributed by atoms with van der Waals surface area (Å²) in [6, 6.07) is -0.0215. The fraction of sp³-hybridized carbons (Fsp3) is 0.750. The molecule has 3 N–H and O–H groups in total. The molecule has 0 bridgehead atoms. The van der Waals surface area contributed by atoms with E-state index in [-0.39, 0.29) is 10.9 Å². The van der Waals surface area contributed by atoms with Gasteiger partial charge in [0.15, 0.2) is 0 Å². The van der Waals surface area contributed by atoms with E-state index in [0.29, 0.717) is 17.9 Å². The smallest absolute Gasteiger partial charge is 0.244 e. The Kier molecular flexibility index (Phi) is 5.96. The lowest BCUT2D eigenvalue weighted by Gasteiger charge is -2.16. The zero-order valence-electron chi connectivity index (χ0n) is 12.1. The minimum Gasteiger partial charge on any atom is -0.314 e. The van der Waals surface area contributed by atoms with E-state index in [1.807, 2.05) is 13.8 Å². The predicted molar refractivity (Wildman–Crippen MR) is 75.4 cm³/mol. The zero-order chi connectivity index (χ0) is 14.5. The Morgan fingerprint density at radius 3 is 2.58 bits per heavy atom. The molecule has 1 rings (SSSR count). The van der Waals surface area contributed by atoms with Gasteiger partial charge in [0.1, 0.15) is 4.90 Å². The molecular formula is C12H24N4O2S. The lowest BCUT2D eigenvalue weighted by molar-refractivity contribution is 0.511. The van der Waals surface area contributed by atoms with Crippen LogP contribution in [0.15, 0.2) is 4.90 Å². The van der Waals surface area contributed by atoms with E-state index in [0.717, 1.165) is 19.3 Å². The molecule has 1 aromatic heterocycles. The van der Waals surface area contributed by atoms with Crippen LogP contribution in [0.2, 0.25) is 0 Å². The fourth-order valence-corrected chi connectivity index (χ4v) is 3.80. The summed E-state index contributed by atoms with van der Waals surface area (Å²) >= 11 is 0. The van der Waals surface area contributed by atoms with Crippen LogP contribution in [0.1, 0.15) is 44.5 Å². The molecule has 0 fully saturated rings. The minimum atomic E-state index is -3.52. The SMILES string of the molecule is CCCC(CC)NS(=O)(=O)c1c(CNC)n[nH]c1C. The van der Waals surface area contributed by atoms with Gasteiger partial charge in [-0.1, -0.05) is 20.3 Å². The molecule has 1 aromatic rings. The zero-order valence-corrected chi connectivity index (χ0v) is 12.9. The molecule has 0 radical (unpaired) electrons. The summed E-state index contributed by atoms with van der Waals surface area (Å²) in [5, 5.41) is 9.71. The molecule has 110 valence electrons. The molecule has 0 aliphatic rings.